The van der Waals surface area contributed by atoms with Crippen molar-refractivity contribution < 1.29 is 0 Å². The Hall–Kier alpha value is -3.97. The van der Waals surface area contributed by atoms with E-state index < -0.39 is 0 Å². The van der Waals surface area contributed by atoms with Crippen LogP contribution in [0.2, 0.25) is 0 Å². The van der Waals surface area contributed by atoms with Crippen molar-refractivity contribution in [1.29, 1.82) is 0 Å². The Morgan fingerprint density at radius 2 is 0.828 bits per heavy atom. The highest BCUT2D eigenvalue weighted by molar-refractivity contribution is 7.02. The van der Waals surface area contributed by atoms with E-state index in [0.717, 1.165) is 0 Å². The van der Waals surface area contributed by atoms with Crippen LogP contribution in [0, 0.1) is 0 Å². The minimum Gasteiger partial charge on any atom is -0.312 e. The van der Waals surface area contributed by atoms with Crippen molar-refractivity contribution in [2.45, 2.75) is 160 Å². The molecule has 0 unspecified atom stereocenters. The molecule has 4 aliphatic carbocycles. The van der Waals surface area contributed by atoms with Crippen molar-refractivity contribution in [3.05, 3.63) is 124 Å². The fourth-order valence-corrected chi connectivity index (χ4v) is 14.8. The first-order valence-corrected chi connectivity index (χ1v) is 22.8. The molecular formula is C55H63B2N. The summed E-state index contributed by atoms with van der Waals surface area (Å²) >= 11 is 0. The lowest BCUT2D eigenvalue weighted by molar-refractivity contribution is 0.323. The second kappa shape index (κ2) is 11.4. The molecule has 0 atom stereocenters. The molecule has 5 aromatic rings. The number of fused-ring (bicyclic) bond motifs is 8. The first-order valence-electron chi connectivity index (χ1n) is 22.8. The molecule has 11 rings (SSSR count). The lowest BCUT2D eigenvalue weighted by atomic mass is 9.27. The van der Waals surface area contributed by atoms with Crippen LogP contribution in [0.3, 0.4) is 0 Å². The zero-order valence-electron chi connectivity index (χ0n) is 37.5. The van der Waals surface area contributed by atoms with E-state index in [4.69, 9.17) is 0 Å². The van der Waals surface area contributed by atoms with Gasteiger partial charge < -0.3 is 4.90 Å². The van der Waals surface area contributed by atoms with Gasteiger partial charge in [0.1, 0.15) is 0 Å². The number of benzene rings is 5. The van der Waals surface area contributed by atoms with Crippen molar-refractivity contribution in [3.8, 4) is 0 Å². The van der Waals surface area contributed by atoms with Gasteiger partial charge in [-0.1, -0.05) is 167 Å². The van der Waals surface area contributed by atoms with E-state index in [0.29, 0.717) is 5.92 Å². The minimum absolute atomic E-state index is 0.0546. The first-order chi connectivity index (χ1) is 27.2. The quantitative estimate of drug-likeness (QED) is 0.159. The Kier molecular flexibility index (Phi) is 7.31. The van der Waals surface area contributed by atoms with Crippen LogP contribution in [0.4, 0.5) is 17.1 Å². The topological polar surface area (TPSA) is 3.24 Å². The molecule has 0 saturated carbocycles. The summed E-state index contributed by atoms with van der Waals surface area (Å²) in [5, 5.41) is 0. The molecule has 0 bridgehead atoms. The van der Waals surface area contributed by atoms with Crippen LogP contribution in [0.5, 0.6) is 0 Å². The van der Waals surface area contributed by atoms with Gasteiger partial charge in [-0.15, -0.1) is 0 Å². The van der Waals surface area contributed by atoms with Crippen molar-refractivity contribution in [2.75, 3.05) is 4.90 Å². The Balaban J connectivity index is 1.39. The van der Waals surface area contributed by atoms with E-state index in [1.165, 1.54) is 77.4 Å². The molecule has 0 N–H and O–H groups in total. The van der Waals surface area contributed by atoms with Gasteiger partial charge in [0.25, 0.3) is 0 Å². The third-order valence-corrected chi connectivity index (χ3v) is 16.8. The lowest BCUT2D eigenvalue weighted by Gasteiger charge is -2.54. The molecule has 0 fully saturated rings. The molecule has 0 spiro atoms. The summed E-state index contributed by atoms with van der Waals surface area (Å²) in [5.74, 6) is 0.608. The normalized spacial score (nSPS) is 22.7. The van der Waals surface area contributed by atoms with Gasteiger partial charge in [0.2, 0.25) is 13.4 Å². The van der Waals surface area contributed by atoms with Crippen LogP contribution < -0.4 is 37.7 Å². The van der Waals surface area contributed by atoms with E-state index in [1.807, 2.05) is 0 Å². The SMILES string of the molecule is CC1(C)CC(C)(C)c2cc3c(cc21)B(c1ccccc1)c1c2c(c4c5c1C(C)(C)CCC5CCC4(C)C)B(c1ccccc1)c1cc4c(cc1N32)C(C)(C)CC4(C)C. The summed E-state index contributed by atoms with van der Waals surface area (Å²) in [6.45, 7) is 30.7. The summed E-state index contributed by atoms with van der Waals surface area (Å²) in [6.07, 6.45) is 7.39. The standard InChI is InChI=1S/C55H63B2N/c1-50(2)25-23-33-24-26-51(3,4)46-44(33)45(50)47-49-48(46)57(35-21-17-14-18-22-35)41-28-37-39(55(11,12)32-53(37,7)8)30-43(41)58(49)42-29-38-36(52(5,6)31-54(38,9)10)27-40(42)56(47)34-19-15-13-16-20-34/h13-22,27-30,33H,23-26,31-32H2,1-12H3. The van der Waals surface area contributed by atoms with Crippen molar-refractivity contribution >= 4 is 63.3 Å². The molecule has 2 aliphatic heterocycles. The fraction of sp³-hybridized carbons (Fsp3) is 0.455. The van der Waals surface area contributed by atoms with E-state index >= 15 is 0 Å². The summed E-state index contributed by atoms with van der Waals surface area (Å²) in [4.78, 5) is 2.89. The monoisotopic (exact) mass is 760 g/mol. The Bertz CT molecular complexity index is 2410. The minimum atomic E-state index is 0.0546. The molecule has 58 heavy (non-hydrogen) atoms. The first kappa shape index (κ1) is 37.1. The van der Waals surface area contributed by atoms with Crippen molar-refractivity contribution in [3.63, 3.8) is 0 Å². The van der Waals surface area contributed by atoms with Crippen LogP contribution in [0.25, 0.3) is 0 Å². The number of hydrogen-bond donors (Lipinski definition) is 0. The molecule has 3 heteroatoms. The molecule has 6 aliphatic rings. The predicted octanol–water partition coefficient (Wildman–Crippen LogP) is 9.96. The van der Waals surface area contributed by atoms with Gasteiger partial charge >= 0.3 is 0 Å². The van der Waals surface area contributed by atoms with Gasteiger partial charge in [-0.05, 0) is 150 Å². The fourth-order valence-electron chi connectivity index (χ4n) is 14.8. The largest absolute Gasteiger partial charge is 0.312 e. The highest BCUT2D eigenvalue weighted by Gasteiger charge is 2.55. The second-order valence-corrected chi connectivity index (χ2v) is 23.7. The molecule has 0 amide bonds. The third kappa shape index (κ3) is 4.80. The summed E-state index contributed by atoms with van der Waals surface area (Å²) in [5.41, 5.74) is 25.3. The maximum Gasteiger partial charge on any atom is 0.247 e. The third-order valence-electron chi connectivity index (χ3n) is 16.8. The van der Waals surface area contributed by atoms with Crippen LogP contribution in [0.1, 0.15) is 166 Å². The summed E-state index contributed by atoms with van der Waals surface area (Å²) in [6, 6.07) is 34.3. The van der Waals surface area contributed by atoms with Gasteiger partial charge in [0.05, 0.1) is 0 Å². The predicted molar refractivity (Wildman–Crippen MR) is 252 cm³/mol. The van der Waals surface area contributed by atoms with Crippen LogP contribution in [0.15, 0.2) is 84.9 Å². The average molecular weight is 760 g/mol. The van der Waals surface area contributed by atoms with E-state index in [2.05, 4.69) is 173 Å². The molecule has 5 aromatic carbocycles. The molecule has 0 saturated heterocycles. The van der Waals surface area contributed by atoms with Crippen LogP contribution in [-0.2, 0) is 32.5 Å². The Morgan fingerprint density at radius 3 is 1.21 bits per heavy atom. The zero-order chi connectivity index (χ0) is 40.7. The second-order valence-electron chi connectivity index (χ2n) is 23.7. The Morgan fingerprint density at radius 1 is 0.466 bits per heavy atom. The lowest BCUT2D eigenvalue weighted by Crippen LogP contribution is -2.68. The highest BCUT2D eigenvalue weighted by atomic mass is 15.2. The number of anilines is 3. The molecule has 2 heterocycles. The number of rotatable bonds is 2. The van der Waals surface area contributed by atoms with E-state index in [9.17, 15) is 0 Å². The van der Waals surface area contributed by atoms with Crippen LogP contribution >= 0.6 is 0 Å². The maximum absolute atomic E-state index is 2.89. The number of hydrogen-bond acceptors (Lipinski definition) is 1. The van der Waals surface area contributed by atoms with Crippen molar-refractivity contribution in [2.24, 2.45) is 0 Å². The molecular weight excluding hydrogens is 696 g/mol. The van der Waals surface area contributed by atoms with Gasteiger partial charge in [0, 0.05) is 17.1 Å². The van der Waals surface area contributed by atoms with E-state index in [-0.39, 0.29) is 45.9 Å². The summed E-state index contributed by atoms with van der Waals surface area (Å²) < 4.78 is 0. The van der Waals surface area contributed by atoms with Gasteiger partial charge in [-0.3, -0.25) is 0 Å². The molecule has 0 aromatic heterocycles. The molecule has 0 radical (unpaired) electrons. The number of nitrogens with zero attached hydrogens (tertiary/aromatic N) is 1. The average Bonchev–Trinajstić information content (AvgIpc) is 3.46. The van der Waals surface area contributed by atoms with Crippen LogP contribution in [-0.4, -0.2) is 13.4 Å². The van der Waals surface area contributed by atoms with E-state index in [1.54, 1.807) is 49.9 Å². The highest BCUT2D eigenvalue weighted by Crippen LogP contribution is 2.58. The molecule has 1 nitrogen and oxygen atoms in total. The smallest absolute Gasteiger partial charge is 0.247 e. The summed E-state index contributed by atoms with van der Waals surface area (Å²) in [7, 11) is 0. The molecule has 294 valence electrons. The van der Waals surface area contributed by atoms with Gasteiger partial charge in [-0.2, -0.15) is 0 Å². The zero-order valence-corrected chi connectivity index (χ0v) is 37.5. The Labute approximate surface area is 350 Å². The maximum atomic E-state index is 2.89. The van der Waals surface area contributed by atoms with Gasteiger partial charge in [-0.25, -0.2) is 0 Å². The van der Waals surface area contributed by atoms with Gasteiger partial charge in [0.15, 0.2) is 0 Å². The van der Waals surface area contributed by atoms with Crippen molar-refractivity contribution in [1.82, 2.24) is 0 Å².